The van der Waals surface area contributed by atoms with Crippen molar-refractivity contribution in [1.82, 2.24) is 0 Å². The maximum Gasteiger partial charge on any atom is 0.00877 e. The molecule has 0 bridgehead atoms. The van der Waals surface area contributed by atoms with Gasteiger partial charge in [-0.2, -0.15) is 0 Å². The Morgan fingerprint density at radius 3 is 2.50 bits per heavy atom. The van der Waals surface area contributed by atoms with Gasteiger partial charge in [-0.15, -0.1) is 0 Å². The number of rotatable bonds is 4. The van der Waals surface area contributed by atoms with Crippen molar-refractivity contribution in [2.45, 2.75) is 53.0 Å². The summed E-state index contributed by atoms with van der Waals surface area (Å²) in [6, 6.07) is 9.05. The van der Waals surface area contributed by atoms with E-state index in [4.69, 9.17) is 5.73 Å². The third-order valence-electron chi connectivity index (χ3n) is 3.18. The Hall–Kier alpha value is -0.820. The molecule has 0 aliphatic carbocycles. The molecule has 90 valence electrons. The van der Waals surface area contributed by atoms with Gasteiger partial charge < -0.3 is 5.73 Å². The van der Waals surface area contributed by atoms with Gasteiger partial charge in [-0.3, -0.25) is 0 Å². The Morgan fingerprint density at radius 1 is 1.25 bits per heavy atom. The highest BCUT2D eigenvalue weighted by molar-refractivity contribution is 5.22. The zero-order valence-electron chi connectivity index (χ0n) is 11.1. The molecule has 0 saturated heterocycles. The average molecular weight is 219 g/mol. The van der Waals surface area contributed by atoms with E-state index in [1.807, 2.05) is 0 Å². The van der Waals surface area contributed by atoms with Crippen LogP contribution in [0.25, 0.3) is 0 Å². The van der Waals surface area contributed by atoms with Gasteiger partial charge in [-0.25, -0.2) is 0 Å². The van der Waals surface area contributed by atoms with Crippen LogP contribution in [0, 0.1) is 12.3 Å². The molecule has 1 nitrogen and oxygen atoms in total. The lowest BCUT2D eigenvalue weighted by molar-refractivity contribution is 0.301. The molecule has 0 fully saturated rings. The van der Waals surface area contributed by atoms with Crippen LogP contribution in [-0.2, 0) is 6.42 Å². The maximum absolute atomic E-state index is 6.14. The molecular weight excluding hydrogens is 194 g/mol. The quantitative estimate of drug-likeness (QED) is 0.821. The smallest absolute Gasteiger partial charge is 0.00877 e. The monoisotopic (exact) mass is 219 g/mol. The first kappa shape index (κ1) is 13.2. The van der Waals surface area contributed by atoms with Crippen molar-refractivity contribution in [3.05, 3.63) is 35.4 Å². The Morgan fingerprint density at radius 2 is 1.94 bits per heavy atom. The molecule has 0 amide bonds. The fourth-order valence-corrected chi connectivity index (χ4v) is 1.83. The third-order valence-corrected chi connectivity index (χ3v) is 3.18. The molecule has 1 aromatic rings. The molecule has 1 aromatic carbocycles. The van der Waals surface area contributed by atoms with Gasteiger partial charge in [0.05, 0.1) is 0 Å². The molecule has 1 rings (SSSR count). The van der Waals surface area contributed by atoms with Crippen LogP contribution in [0.2, 0.25) is 0 Å². The summed E-state index contributed by atoms with van der Waals surface area (Å²) in [5.41, 5.74) is 9.15. The second-order valence-electron chi connectivity index (χ2n) is 5.85. The van der Waals surface area contributed by atoms with Crippen molar-refractivity contribution in [3.63, 3.8) is 0 Å². The van der Waals surface area contributed by atoms with Gasteiger partial charge in [-0.05, 0) is 37.2 Å². The fraction of sp³-hybridized carbons (Fsp3) is 0.600. The highest BCUT2D eigenvalue weighted by Crippen LogP contribution is 2.21. The van der Waals surface area contributed by atoms with E-state index in [0.29, 0.717) is 6.04 Å². The van der Waals surface area contributed by atoms with Crippen LogP contribution in [0.15, 0.2) is 24.3 Å². The van der Waals surface area contributed by atoms with E-state index in [9.17, 15) is 0 Å². The minimum atomic E-state index is 0.229. The van der Waals surface area contributed by atoms with Crippen LogP contribution >= 0.6 is 0 Å². The standard InChI is InChI=1S/C15H25N/c1-12-7-5-8-13(11-12)9-6-10-14(16)15(2,3)4/h5,7-8,11,14H,6,9-10,16H2,1-4H3. The Labute approximate surface area is 100 Å². The van der Waals surface area contributed by atoms with Crippen molar-refractivity contribution >= 4 is 0 Å². The first-order valence-corrected chi connectivity index (χ1v) is 6.21. The van der Waals surface area contributed by atoms with Crippen molar-refractivity contribution in [2.24, 2.45) is 11.1 Å². The molecule has 1 atom stereocenters. The molecule has 1 heteroatoms. The van der Waals surface area contributed by atoms with Crippen molar-refractivity contribution < 1.29 is 0 Å². The zero-order valence-corrected chi connectivity index (χ0v) is 11.1. The first-order valence-electron chi connectivity index (χ1n) is 6.21. The molecule has 0 spiro atoms. The van der Waals surface area contributed by atoms with E-state index in [1.165, 1.54) is 17.5 Å². The van der Waals surface area contributed by atoms with Gasteiger partial charge in [0.2, 0.25) is 0 Å². The van der Waals surface area contributed by atoms with Crippen LogP contribution in [0.3, 0.4) is 0 Å². The Balaban J connectivity index is 2.36. The maximum atomic E-state index is 6.14. The molecular formula is C15H25N. The van der Waals surface area contributed by atoms with Crippen molar-refractivity contribution in [3.8, 4) is 0 Å². The number of hydrogen-bond acceptors (Lipinski definition) is 1. The second-order valence-corrected chi connectivity index (χ2v) is 5.85. The summed E-state index contributed by atoms with van der Waals surface area (Å²) in [7, 11) is 0. The van der Waals surface area contributed by atoms with Gasteiger partial charge in [0.25, 0.3) is 0 Å². The number of nitrogens with two attached hydrogens (primary N) is 1. The van der Waals surface area contributed by atoms with Crippen molar-refractivity contribution in [1.29, 1.82) is 0 Å². The van der Waals surface area contributed by atoms with E-state index in [2.05, 4.69) is 52.0 Å². The zero-order chi connectivity index (χ0) is 12.2. The molecule has 0 radical (unpaired) electrons. The highest BCUT2D eigenvalue weighted by Gasteiger charge is 2.19. The van der Waals surface area contributed by atoms with E-state index < -0.39 is 0 Å². The van der Waals surface area contributed by atoms with E-state index in [1.54, 1.807) is 0 Å². The molecule has 2 N–H and O–H groups in total. The second kappa shape index (κ2) is 5.49. The number of benzene rings is 1. The molecule has 0 heterocycles. The van der Waals surface area contributed by atoms with E-state index in [-0.39, 0.29) is 5.41 Å². The van der Waals surface area contributed by atoms with E-state index >= 15 is 0 Å². The molecule has 0 aromatic heterocycles. The largest absolute Gasteiger partial charge is 0.327 e. The molecule has 16 heavy (non-hydrogen) atoms. The Bertz CT molecular complexity index is 322. The summed E-state index contributed by atoms with van der Waals surface area (Å²) in [5.74, 6) is 0. The third kappa shape index (κ3) is 4.36. The highest BCUT2D eigenvalue weighted by atomic mass is 14.7. The topological polar surface area (TPSA) is 26.0 Å². The van der Waals surface area contributed by atoms with Crippen molar-refractivity contribution in [2.75, 3.05) is 0 Å². The normalized spacial score (nSPS) is 13.8. The minimum Gasteiger partial charge on any atom is -0.327 e. The van der Waals surface area contributed by atoms with Gasteiger partial charge >= 0.3 is 0 Å². The van der Waals surface area contributed by atoms with Crippen LogP contribution in [0.5, 0.6) is 0 Å². The van der Waals surface area contributed by atoms with Crippen LogP contribution in [0.4, 0.5) is 0 Å². The van der Waals surface area contributed by atoms with Crippen LogP contribution in [0.1, 0.15) is 44.7 Å². The van der Waals surface area contributed by atoms with E-state index in [0.717, 1.165) is 12.8 Å². The summed E-state index contributed by atoms with van der Waals surface area (Å²) in [6.07, 6.45) is 3.44. The summed E-state index contributed by atoms with van der Waals surface area (Å²) < 4.78 is 0. The predicted octanol–water partition coefficient (Wildman–Crippen LogP) is 3.69. The lowest BCUT2D eigenvalue weighted by atomic mass is 9.84. The summed E-state index contributed by atoms with van der Waals surface area (Å²) in [4.78, 5) is 0. The average Bonchev–Trinajstić information content (AvgIpc) is 2.16. The lowest BCUT2D eigenvalue weighted by Gasteiger charge is -2.26. The molecule has 1 unspecified atom stereocenters. The summed E-state index contributed by atoms with van der Waals surface area (Å²) in [5, 5.41) is 0. The van der Waals surface area contributed by atoms with Gasteiger partial charge in [0.1, 0.15) is 0 Å². The molecule has 0 aliphatic heterocycles. The molecule has 0 aliphatic rings. The number of aryl methyl sites for hydroxylation is 2. The molecule has 0 saturated carbocycles. The predicted molar refractivity (Wildman–Crippen MR) is 71.5 cm³/mol. The first-order chi connectivity index (χ1) is 7.39. The van der Waals surface area contributed by atoms with Gasteiger partial charge in [0, 0.05) is 6.04 Å². The van der Waals surface area contributed by atoms with Crippen LogP contribution < -0.4 is 5.73 Å². The van der Waals surface area contributed by atoms with Gasteiger partial charge in [0.15, 0.2) is 0 Å². The SMILES string of the molecule is Cc1cccc(CCCC(N)C(C)(C)C)c1. The lowest BCUT2D eigenvalue weighted by Crippen LogP contribution is -2.34. The van der Waals surface area contributed by atoms with Crippen LogP contribution in [-0.4, -0.2) is 6.04 Å². The number of hydrogen-bond donors (Lipinski definition) is 1. The summed E-state index contributed by atoms with van der Waals surface area (Å²) in [6.45, 7) is 8.78. The van der Waals surface area contributed by atoms with Gasteiger partial charge in [-0.1, -0.05) is 50.6 Å². The summed E-state index contributed by atoms with van der Waals surface area (Å²) >= 11 is 0. The Kier molecular flexibility index (Phi) is 4.55. The fourth-order valence-electron chi connectivity index (χ4n) is 1.83. The minimum absolute atomic E-state index is 0.229.